The van der Waals surface area contributed by atoms with Crippen LogP contribution in [0.25, 0.3) is 0 Å². The number of nitrogens with zero attached hydrogens (tertiary/aromatic N) is 1. The molecule has 0 N–H and O–H groups in total. The van der Waals surface area contributed by atoms with Gasteiger partial charge in [-0.05, 0) is 6.92 Å². The molecule has 0 aliphatic carbocycles. The molecule has 1 heterocycles. The van der Waals surface area contributed by atoms with Crippen LogP contribution in [-0.4, -0.2) is 4.57 Å². The highest BCUT2D eigenvalue weighted by atomic mass is 32.1. The van der Waals surface area contributed by atoms with Crippen LogP contribution in [0.15, 0.2) is 10.2 Å². The Hall–Kier alpha value is -1.01. The van der Waals surface area contributed by atoms with Crippen LogP contribution in [0.3, 0.4) is 0 Å². The van der Waals surface area contributed by atoms with Gasteiger partial charge in [-0.25, -0.2) is 0 Å². The van der Waals surface area contributed by atoms with Crippen LogP contribution in [0.4, 0.5) is 0 Å². The fraction of sp³-hybridized carbons (Fsp3) is 0.286. The van der Waals surface area contributed by atoms with Gasteiger partial charge >= 0.3 is 4.87 Å². The molecule has 1 aromatic rings. The maximum absolute atomic E-state index is 10.9. The van der Waals surface area contributed by atoms with E-state index in [1.807, 2.05) is 6.92 Å². The lowest BCUT2D eigenvalue weighted by molar-refractivity contribution is 0.791. The minimum Gasteiger partial charge on any atom is -0.292 e. The third kappa shape index (κ3) is 1.12. The minimum absolute atomic E-state index is 0.0236. The van der Waals surface area contributed by atoms with Crippen molar-refractivity contribution < 1.29 is 0 Å². The van der Waals surface area contributed by atoms with E-state index in [9.17, 15) is 4.79 Å². The fourth-order valence-corrected chi connectivity index (χ4v) is 1.42. The monoisotopic (exact) mass is 153 g/mol. The van der Waals surface area contributed by atoms with Gasteiger partial charge in [0.15, 0.2) is 0 Å². The summed E-state index contributed by atoms with van der Waals surface area (Å²) in [5.41, 5.74) is 0.938. The summed E-state index contributed by atoms with van der Waals surface area (Å²) in [6.45, 7) is 2.25. The molecule has 0 unspecified atom stereocenters. The van der Waals surface area contributed by atoms with Gasteiger partial charge in [0, 0.05) is 11.1 Å². The molecule has 0 aliphatic heterocycles. The second kappa shape index (κ2) is 2.72. The molecule has 0 bridgehead atoms. The summed E-state index contributed by atoms with van der Waals surface area (Å²) < 4.78 is 1.57. The number of terminal acetylenes is 1. The number of hydrogen-bond acceptors (Lipinski definition) is 2. The van der Waals surface area contributed by atoms with Crippen molar-refractivity contribution in [3.05, 3.63) is 20.7 Å². The third-order valence-corrected chi connectivity index (χ3v) is 2.11. The lowest BCUT2D eigenvalue weighted by atomic mass is 10.5. The number of aromatic nitrogens is 1. The maximum atomic E-state index is 10.9. The van der Waals surface area contributed by atoms with Crippen molar-refractivity contribution in [1.29, 1.82) is 0 Å². The quantitative estimate of drug-likeness (QED) is 0.548. The second-order valence-electron chi connectivity index (χ2n) is 1.93. The van der Waals surface area contributed by atoms with Gasteiger partial charge in [-0.15, -0.1) is 6.42 Å². The SMILES string of the molecule is C#CCn1c(C)csc1=O. The third-order valence-electron chi connectivity index (χ3n) is 1.23. The van der Waals surface area contributed by atoms with Crippen molar-refractivity contribution in [2.45, 2.75) is 13.5 Å². The van der Waals surface area contributed by atoms with Crippen molar-refractivity contribution in [3.63, 3.8) is 0 Å². The lowest BCUT2D eigenvalue weighted by Gasteiger charge is -1.94. The van der Waals surface area contributed by atoms with Gasteiger partial charge in [-0.2, -0.15) is 0 Å². The zero-order chi connectivity index (χ0) is 7.56. The normalized spacial score (nSPS) is 9.20. The molecule has 3 heteroatoms. The molecule has 10 heavy (non-hydrogen) atoms. The Balaban J connectivity index is 3.13. The van der Waals surface area contributed by atoms with Crippen LogP contribution in [0.1, 0.15) is 5.69 Å². The molecule has 0 atom stereocenters. The van der Waals surface area contributed by atoms with Gasteiger partial charge in [0.25, 0.3) is 0 Å². The molecular formula is C7H7NOS. The van der Waals surface area contributed by atoms with Crippen molar-refractivity contribution in [2.75, 3.05) is 0 Å². The average Bonchev–Trinajstić information content (AvgIpc) is 2.20. The van der Waals surface area contributed by atoms with Crippen molar-refractivity contribution in [2.24, 2.45) is 0 Å². The summed E-state index contributed by atoms with van der Waals surface area (Å²) in [5, 5.41) is 1.81. The van der Waals surface area contributed by atoms with Crippen LogP contribution in [-0.2, 0) is 6.54 Å². The van der Waals surface area contributed by atoms with Gasteiger partial charge in [0.05, 0.1) is 6.54 Å². The molecule has 52 valence electrons. The van der Waals surface area contributed by atoms with Gasteiger partial charge in [0.2, 0.25) is 0 Å². The Morgan fingerprint density at radius 3 is 3.00 bits per heavy atom. The van der Waals surface area contributed by atoms with E-state index in [2.05, 4.69) is 5.92 Å². The number of aryl methyl sites for hydroxylation is 1. The van der Waals surface area contributed by atoms with Crippen LogP contribution >= 0.6 is 11.3 Å². The van der Waals surface area contributed by atoms with E-state index in [-0.39, 0.29) is 4.87 Å². The van der Waals surface area contributed by atoms with E-state index in [1.54, 1.807) is 9.95 Å². The highest BCUT2D eigenvalue weighted by Crippen LogP contribution is 1.97. The minimum atomic E-state index is 0.0236. The second-order valence-corrected chi connectivity index (χ2v) is 2.75. The van der Waals surface area contributed by atoms with Crippen LogP contribution < -0.4 is 4.87 Å². The molecule has 2 nitrogen and oxygen atoms in total. The first kappa shape index (κ1) is 7.10. The summed E-state index contributed by atoms with van der Waals surface area (Å²) in [5.74, 6) is 2.42. The highest BCUT2D eigenvalue weighted by Gasteiger charge is 1.97. The molecule has 0 spiro atoms. The summed E-state index contributed by atoms with van der Waals surface area (Å²) in [6.07, 6.45) is 5.05. The first-order chi connectivity index (χ1) is 4.75. The van der Waals surface area contributed by atoms with Crippen molar-refractivity contribution >= 4 is 11.3 Å². The molecule has 0 fully saturated rings. The number of thiazole rings is 1. The Bertz CT molecular complexity index is 315. The van der Waals surface area contributed by atoms with Crippen molar-refractivity contribution in [1.82, 2.24) is 4.57 Å². The summed E-state index contributed by atoms with van der Waals surface area (Å²) in [6, 6.07) is 0. The summed E-state index contributed by atoms with van der Waals surface area (Å²) >= 11 is 1.18. The molecule has 0 saturated heterocycles. The average molecular weight is 153 g/mol. The van der Waals surface area contributed by atoms with Gasteiger partial charge in [-0.3, -0.25) is 9.36 Å². The Morgan fingerprint density at radius 1 is 1.90 bits per heavy atom. The summed E-state index contributed by atoms with van der Waals surface area (Å²) in [7, 11) is 0. The van der Waals surface area contributed by atoms with Crippen LogP contribution in [0.2, 0.25) is 0 Å². The molecule has 1 aromatic heterocycles. The Morgan fingerprint density at radius 2 is 2.60 bits per heavy atom. The van der Waals surface area contributed by atoms with Crippen molar-refractivity contribution in [3.8, 4) is 12.3 Å². The predicted molar refractivity (Wildman–Crippen MR) is 42.1 cm³/mol. The van der Waals surface area contributed by atoms with E-state index in [4.69, 9.17) is 6.42 Å². The first-order valence-electron chi connectivity index (χ1n) is 2.84. The van der Waals surface area contributed by atoms with E-state index >= 15 is 0 Å². The standard InChI is InChI=1S/C7H7NOS/c1-3-4-8-6(2)5-10-7(8)9/h1,5H,4H2,2H3. The number of hydrogen-bond donors (Lipinski definition) is 0. The lowest BCUT2D eigenvalue weighted by Crippen LogP contribution is -2.13. The van der Waals surface area contributed by atoms with E-state index in [0.717, 1.165) is 5.69 Å². The first-order valence-corrected chi connectivity index (χ1v) is 3.72. The van der Waals surface area contributed by atoms with E-state index in [0.29, 0.717) is 6.54 Å². The fourth-order valence-electron chi connectivity index (χ4n) is 0.687. The van der Waals surface area contributed by atoms with Gasteiger partial charge in [0.1, 0.15) is 0 Å². The van der Waals surface area contributed by atoms with Crippen LogP contribution in [0.5, 0.6) is 0 Å². The van der Waals surface area contributed by atoms with E-state index < -0.39 is 0 Å². The molecule has 0 radical (unpaired) electrons. The molecule has 0 amide bonds. The summed E-state index contributed by atoms with van der Waals surface area (Å²) in [4.78, 5) is 10.9. The van der Waals surface area contributed by atoms with Gasteiger partial charge in [-0.1, -0.05) is 17.3 Å². The smallest absolute Gasteiger partial charge is 0.292 e. The zero-order valence-corrected chi connectivity index (χ0v) is 6.44. The van der Waals surface area contributed by atoms with Crippen LogP contribution in [0, 0.1) is 19.3 Å². The molecular weight excluding hydrogens is 146 g/mol. The Labute approximate surface area is 63.1 Å². The number of rotatable bonds is 1. The predicted octanol–water partition coefficient (Wildman–Crippen LogP) is 0.851. The molecule has 0 saturated carbocycles. The Kier molecular flexibility index (Phi) is 1.93. The zero-order valence-electron chi connectivity index (χ0n) is 5.63. The highest BCUT2D eigenvalue weighted by molar-refractivity contribution is 7.07. The molecule has 1 rings (SSSR count). The molecule has 0 aliphatic rings. The van der Waals surface area contributed by atoms with E-state index in [1.165, 1.54) is 11.3 Å². The largest absolute Gasteiger partial charge is 0.308 e. The topological polar surface area (TPSA) is 22.0 Å². The van der Waals surface area contributed by atoms with Gasteiger partial charge < -0.3 is 0 Å². The molecule has 0 aromatic carbocycles. The maximum Gasteiger partial charge on any atom is 0.308 e.